The summed E-state index contributed by atoms with van der Waals surface area (Å²) in [6.07, 6.45) is 1.80. The quantitative estimate of drug-likeness (QED) is 0.831. The zero-order chi connectivity index (χ0) is 17.8. The molecule has 1 aliphatic heterocycles. The molecule has 0 aromatic heterocycles. The Labute approximate surface area is 161 Å². The molecule has 0 bridgehead atoms. The Morgan fingerprint density at radius 1 is 0.923 bits per heavy atom. The van der Waals surface area contributed by atoms with Gasteiger partial charge in [-0.15, -0.1) is 12.4 Å². The van der Waals surface area contributed by atoms with E-state index in [-0.39, 0.29) is 18.4 Å². The van der Waals surface area contributed by atoms with Gasteiger partial charge in [0.25, 0.3) is 0 Å². The zero-order valence-corrected chi connectivity index (χ0v) is 16.4. The minimum absolute atomic E-state index is 0. The molecule has 1 atom stereocenters. The summed E-state index contributed by atoms with van der Waals surface area (Å²) in [4.78, 5) is 0. The molecule has 0 saturated carbocycles. The molecule has 0 amide bonds. The lowest BCUT2D eigenvalue weighted by atomic mass is 9.89. The van der Waals surface area contributed by atoms with Crippen LogP contribution in [0.2, 0.25) is 0 Å². The van der Waals surface area contributed by atoms with E-state index in [4.69, 9.17) is 18.9 Å². The van der Waals surface area contributed by atoms with Crippen molar-refractivity contribution >= 4 is 12.4 Å². The molecule has 2 aromatic carbocycles. The van der Waals surface area contributed by atoms with Crippen molar-refractivity contribution in [3.8, 4) is 23.0 Å². The Bertz CT molecular complexity index is 734. The van der Waals surface area contributed by atoms with Crippen molar-refractivity contribution in [2.45, 2.75) is 18.9 Å². The number of fused-ring (bicyclic) bond motifs is 1. The Morgan fingerprint density at radius 3 is 2.19 bits per heavy atom. The normalized spacial score (nSPS) is 15.5. The van der Waals surface area contributed by atoms with Crippen LogP contribution in [0.5, 0.6) is 23.0 Å². The van der Waals surface area contributed by atoms with Crippen LogP contribution in [0.15, 0.2) is 30.3 Å². The fourth-order valence-electron chi connectivity index (χ4n) is 3.47. The van der Waals surface area contributed by atoms with Crippen LogP contribution in [-0.4, -0.2) is 35.0 Å². The number of ether oxygens (including phenoxy) is 4. The molecule has 1 heterocycles. The molecule has 0 unspecified atom stereocenters. The van der Waals surface area contributed by atoms with E-state index in [1.54, 1.807) is 28.4 Å². The van der Waals surface area contributed by atoms with Gasteiger partial charge in [-0.25, -0.2) is 0 Å². The topological polar surface area (TPSA) is 49.0 Å². The highest BCUT2D eigenvalue weighted by Gasteiger charge is 2.29. The predicted octanol–water partition coefficient (Wildman–Crippen LogP) is 3.57. The van der Waals surface area contributed by atoms with Crippen LogP contribution in [0.25, 0.3) is 0 Å². The second-order valence-electron chi connectivity index (χ2n) is 6.03. The largest absolute Gasteiger partial charge is 0.497 e. The van der Waals surface area contributed by atoms with Crippen LogP contribution in [0.1, 0.15) is 22.7 Å². The van der Waals surface area contributed by atoms with Crippen LogP contribution in [0, 0.1) is 0 Å². The standard InChI is InChI=1S/C20H25NO4.ClH/c1-22-15-7-5-13(6-8-15)11-16-18-14(9-10-21-16)12-17(23-2)19(24-3)20(18)25-4;/h5-8,12,16,21H,9-11H2,1-4H3;1H/t16-;/m1./s1. The molecule has 5 nitrogen and oxygen atoms in total. The minimum atomic E-state index is 0. The van der Waals surface area contributed by atoms with Gasteiger partial charge in [0.05, 0.1) is 28.4 Å². The lowest BCUT2D eigenvalue weighted by molar-refractivity contribution is 0.316. The van der Waals surface area contributed by atoms with E-state index in [1.165, 1.54) is 11.1 Å². The monoisotopic (exact) mass is 379 g/mol. The van der Waals surface area contributed by atoms with Gasteiger partial charge in [0.2, 0.25) is 5.75 Å². The lowest BCUT2D eigenvalue weighted by Crippen LogP contribution is -2.31. The smallest absolute Gasteiger partial charge is 0.203 e. The average Bonchev–Trinajstić information content (AvgIpc) is 2.67. The second-order valence-corrected chi connectivity index (χ2v) is 6.03. The number of hydrogen-bond acceptors (Lipinski definition) is 5. The molecule has 0 radical (unpaired) electrons. The highest BCUT2D eigenvalue weighted by atomic mass is 35.5. The first-order chi connectivity index (χ1) is 12.2. The van der Waals surface area contributed by atoms with Gasteiger partial charge in [-0.1, -0.05) is 12.1 Å². The van der Waals surface area contributed by atoms with Crippen LogP contribution in [-0.2, 0) is 12.8 Å². The van der Waals surface area contributed by atoms with Crippen molar-refractivity contribution in [3.63, 3.8) is 0 Å². The molecule has 0 spiro atoms. The Hall–Kier alpha value is -2.11. The first kappa shape index (κ1) is 20.2. The van der Waals surface area contributed by atoms with E-state index in [9.17, 15) is 0 Å². The molecule has 3 rings (SSSR count). The van der Waals surface area contributed by atoms with Crippen molar-refractivity contribution in [1.82, 2.24) is 5.32 Å². The van der Waals surface area contributed by atoms with Gasteiger partial charge in [-0.05, 0) is 48.7 Å². The van der Waals surface area contributed by atoms with Gasteiger partial charge in [-0.3, -0.25) is 0 Å². The molecule has 0 fully saturated rings. The van der Waals surface area contributed by atoms with Gasteiger partial charge in [-0.2, -0.15) is 0 Å². The highest BCUT2D eigenvalue weighted by Crippen LogP contribution is 2.46. The van der Waals surface area contributed by atoms with E-state index < -0.39 is 0 Å². The summed E-state index contributed by atoms with van der Waals surface area (Å²) in [6, 6.07) is 10.4. The predicted molar refractivity (Wildman–Crippen MR) is 104 cm³/mol. The Balaban J connectivity index is 0.00000243. The third kappa shape index (κ3) is 3.84. The summed E-state index contributed by atoms with van der Waals surface area (Å²) in [7, 11) is 6.65. The van der Waals surface area contributed by atoms with E-state index in [1.807, 2.05) is 12.1 Å². The lowest BCUT2D eigenvalue weighted by Gasteiger charge is -2.30. The fourth-order valence-corrected chi connectivity index (χ4v) is 3.47. The third-order valence-electron chi connectivity index (χ3n) is 4.69. The maximum Gasteiger partial charge on any atom is 0.203 e. The summed E-state index contributed by atoms with van der Waals surface area (Å²) >= 11 is 0. The molecule has 142 valence electrons. The van der Waals surface area contributed by atoms with Crippen LogP contribution >= 0.6 is 12.4 Å². The minimum Gasteiger partial charge on any atom is -0.497 e. The van der Waals surface area contributed by atoms with E-state index in [2.05, 4.69) is 23.5 Å². The highest BCUT2D eigenvalue weighted by molar-refractivity contribution is 5.85. The van der Waals surface area contributed by atoms with Crippen LogP contribution in [0.3, 0.4) is 0 Å². The van der Waals surface area contributed by atoms with E-state index >= 15 is 0 Å². The Kier molecular flexibility index (Phi) is 7.00. The van der Waals surface area contributed by atoms with E-state index in [0.717, 1.165) is 36.4 Å². The van der Waals surface area contributed by atoms with Gasteiger partial charge in [0, 0.05) is 11.6 Å². The molecule has 6 heteroatoms. The van der Waals surface area contributed by atoms with Gasteiger partial charge >= 0.3 is 0 Å². The van der Waals surface area contributed by atoms with Crippen molar-refractivity contribution in [2.24, 2.45) is 0 Å². The first-order valence-corrected chi connectivity index (χ1v) is 8.39. The molecule has 2 aromatic rings. The average molecular weight is 380 g/mol. The van der Waals surface area contributed by atoms with Crippen molar-refractivity contribution in [1.29, 1.82) is 0 Å². The second kappa shape index (κ2) is 9.01. The SMILES string of the molecule is COc1ccc(C[C@H]2NCCc3cc(OC)c(OC)c(OC)c32)cc1.Cl. The molecular formula is C20H26ClNO4. The molecule has 0 aliphatic carbocycles. The number of methoxy groups -OCH3 is 4. The van der Waals surface area contributed by atoms with E-state index in [0.29, 0.717) is 11.5 Å². The summed E-state index contributed by atoms with van der Waals surface area (Å²) in [5.41, 5.74) is 3.64. The Morgan fingerprint density at radius 2 is 1.62 bits per heavy atom. The van der Waals surface area contributed by atoms with Gasteiger partial charge in [0.15, 0.2) is 11.5 Å². The fraction of sp³-hybridized carbons (Fsp3) is 0.400. The maximum atomic E-state index is 5.72. The van der Waals surface area contributed by atoms with Gasteiger partial charge in [0.1, 0.15) is 5.75 Å². The number of halogens is 1. The first-order valence-electron chi connectivity index (χ1n) is 8.39. The van der Waals surface area contributed by atoms with Crippen molar-refractivity contribution < 1.29 is 18.9 Å². The van der Waals surface area contributed by atoms with Crippen molar-refractivity contribution in [2.75, 3.05) is 35.0 Å². The number of hydrogen-bond donors (Lipinski definition) is 1. The third-order valence-corrected chi connectivity index (χ3v) is 4.69. The summed E-state index contributed by atoms with van der Waals surface area (Å²) < 4.78 is 22.0. The molecule has 1 N–H and O–H groups in total. The summed E-state index contributed by atoms with van der Waals surface area (Å²) in [5.74, 6) is 2.97. The number of nitrogens with one attached hydrogen (secondary N) is 1. The van der Waals surface area contributed by atoms with Crippen LogP contribution in [0.4, 0.5) is 0 Å². The van der Waals surface area contributed by atoms with Crippen molar-refractivity contribution in [3.05, 3.63) is 47.0 Å². The number of benzene rings is 2. The summed E-state index contributed by atoms with van der Waals surface area (Å²) in [6.45, 7) is 0.923. The molecule has 0 saturated heterocycles. The van der Waals surface area contributed by atoms with Gasteiger partial charge < -0.3 is 24.3 Å². The molecule has 26 heavy (non-hydrogen) atoms. The number of rotatable bonds is 6. The molecule has 1 aliphatic rings. The molecular weight excluding hydrogens is 354 g/mol. The van der Waals surface area contributed by atoms with Crippen LogP contribution < -0.4 is 24.3 Å². The maximum absolute atomic E-state index is 5.72. The zero-order valence-electron chi connectivity index (χ0n) is 15.6. The summed E-state index contributed by atoms with van der Waals surface area (Å²) in [5, 5.41) is 3.61.